The fourth-order valence-electron chi connectivity index (χ4n) is 3.28. The van der Waals surface area contributed by atoms with E-state index in [0.29, 0.717) is 12.2 Å². The molecule has 0 amide bonds. The van der Waals surface area contributed by atoms with Crippen molar-refractivity contribution in [2.45, 2.75) is 17.9 Å². The molecule has 0 atom stereocenters. The monoisotopic (exact) mass is 665 g/mol. The van der Waals surface area contributed by atoms with Gasteiger partial charge in [-0.15, -0.1) is 23.5 Å². The summed E-state index contributed by atoms with van der Waals surface area (Å²) in [6, 6.07) is 10.4. The topological polar surface area (TPSA) is 102 Å². The Labute approximate surface area is 262 Å². The van der Waals surface area contributed by atoms with Gasteiger partial charge in [-0.3, -0.25) is 9.97 Å². The molecule has 0 unspecified atom stereocenters. The molecule has 0 saturated heterocycles. The molecule has 2 aliphatic rings. The van der Waals surface area contributed by atoms with Crippen molar-refractivity contribution < 1.29 is 19.1 Å². The van der Waals surface area contributed by atoms with Crippen LogP contribution in [0.5, 0.6) is 0 Å². The van der Waals surface area contributed by atoms with E-state index in [1.807, 2.05) is 24.5 Å². The molecular weight excluding hydrogens is 643 g/mol. The van der Waals surface area contributed by atoms with E-state index >= 15 is 0 Å². The number of pyridine rings is 2. The van der Waals surface area contributed by atoms with Crippen molar-refractivity contribution in [1.29, 1.82) is 5.26 Å². The Hall–Kier alpha value is -1.60. The second kappa shape index (κ2) is 15.6. The van der Waals surface area contributed by atoms with E-state index in [2.05, 4.69) is 34.4 Å². The Morgan fingerprint density at radius 3 is 1.90 bits per heavy atom. The highest BCUT2D eigenvalue weighted by atomic mass is 32.3. The number of carbonyl (C=O) groups is 2. The van der Waals surface area contributed by atoms with Gasteiger partial charge in [0.25, 0.3) is 0 Å². The fraction of sp³-hybridized carbons (Fsp3) is 0.269. The number of thioether (sulfide) groups is 7. The molecule has 0 bridgehead atoms. The lowest BCUT2D eigenvalue weighted by molar-refractivity contribution is -0.138. The molecule has 0 N–H and O–H groups in total. The Balaban J connectivity index is 1.52. The maximum atomic E-state index is 12.3. The summed E-state index contributed by atoms with van der Waals surface area (Å²) in [5.41, 5.74) is 4.03. The maximum Gasteiger partial charge on any atom is 0.346 e. The molecule has 2 aromatic heterocycles. The molecule has 208 valence electrons. The van der Waals surface area contributed by atoms with Crippen molar-refractivity contribution in [2.75, 3.05) is 26.2 Å². The maximum absolute atomic E-state index is 12.3. The van der Waals surface area contributed by atoms with E-state index in [0.717, 1.165) is 45.4 Å². The quantitative estimate of drug-likeness (QED) is 0.173. The Morgan fingerprint density at radius 1 is 0.850 bits per heavy atom. The van der Waals surface area contributed by atoms with Crippen LogP contribution in [0, 0.1) is 11.3 Å². The zero-order valence-corrected chi connectivity index (χ0v) is 27.3. The molecule has 0 saturated carbocycles. The first-order valence-electron chi connectivity index (χ1n) is 11.6. The van der Waals surface area contributed by atoms with E-state index in [9.17, 15) is 9.59 Å². The SMILES string of the molecule is COC(=O)C1=C(C(=O)OC)SC(=C2SC(SCCC#N)=C(SCc3ccnc(-c4cc(CSC)ccn4)c3)S2)S1. The lowest BCUT2D eigenvalue weighted by atomic mass is 10.1. The van der Waals surface area contributed by atoms with Gasteiger partial charge in [0.05, 0.1) is 48.6 Å². The van der Waals surface area contributed by atoms with Crippen LogP contribution in [0.4, 0.5) is 0 Å². The van der Waals surface area contributed by atoms with Crippen LogP contribution in [0.25, 0.3) is 11.4 Å². The van der Waals surface area contributed by atoms with Crippen LogP contribution in [0.1, 0.15) is 17.5 Å². The van der Waals surface area contributed by atoms with Crippen LogP contribution >= 0.6 is 82.3 Å². The Kier molecular flexibility index (Phi) is 12.2. The third kappa shape index (κ3) is 8.02. The number of hydrogen-bond acceptors (Lipinski definition) is 14. The van der Waals surface area contributed by atoms with Crippen LogP contribution in [0.3, 0.4) is 0 Å². The van der Waals surface area contributed by atoms with Crippen molar-refractivity contribution in [3.8, 4) is 17.5 Å². The number of ether oxygens (including phenoxy) is 2. The first-order valence-corrected chi connectivity index (χ1v) is 18.2. The molecule has 40 heavy (non-hydrogen) atoms. The highest BCUT2D eigenvalue weighted by Gasteiger charge is 2.36. The molecule has 2 aliphatic heterocycles. The van der Waals surface area contributed by atoms with Gasteiger partial charge >= 0.3 is 11.9 Å². The lowest BCUT2D eigenvalue weighted by Crippen LogP contribution is -2.08. The molecule has 0 aliphatic carbocycles. The van der Waals surface area contributed by atoms with Gasteiger partial charge < -0.3 is 9.47 Å². The number of esters is 2. The summed E-state index contributed by atoms with van der Waals surface area (Å²) in [5.74, 6) is 1.21. The van der Waals surface area contributed by atoms with Gasteiger partial charge in [0.1, 0.15) is 9.81 Å². The molecule has 0 aromatic carbocycles. The molecule has 0 spiro atoms. The van der Waals surface area contributed by atoms with Crippen LogP contribution in [0.15, 0.2) is 63.4 Å². The zero-order valence-electron chi connectivity index (χ0n) is 21.6. The van der Waals surface area contributed by atoms with Gasteiger partial charge in [-0.05, 0) is 41.6 Å². The number of methoxy groups -OCH3 is 2. The van der Waals surface area contributed by atoms with Crippen LogP contribution in [-0.4, -0.2) is 48.1 Å². The summed E-state index contributed by atoms with van der Waals surface area (Å²) in [5, 5.41) is 9.04. The summed E-state index contributed by atoms with van der Waals surface area (Å²) < 4.78 is 13.8. The molecule has 2 aromatic rings. The summed E-state index contributed by atoms with van der Waals surface area (Å²) in [7, 11) is 2.59. The third-order valence-electron chi connectivity index (χ3n) is 5.08. The Bertz CT molecular complexity index is 1410. The number of rotatable bonds is 11. The number of hydrogen-bond donors (Lipinski definition) is 0. The number of carbonyl (C=O) groups excluding carboxylic acids is 2. The summed E-state index contributed by atoms with van der Waals surface area (Å²) in [6.45, 7) is 0. The van der Waals surface area contributed by atoms with Gasteiger partial charge in [0.2, 0.25) is 0 Å². The zero-order chi connectivity index (χ0) is 28.5. The molecule has 14 heteroatoms. The fourth-order valence-corrected chi connectivity index (χ4v) is 12.3. The Morgan fingerprint density at radius 2 is 1.38 bits per heavy atom. The van der Waals surface area contributed by atoms with Gasteiger partial charge in [-0.1, -0.05) is 47.0 Å². The minimum atomic E-state index is -0.561. The van der Waals surface area contributed by atoms with Gasteiger partial charge in [-0.25, -0.2) is 9.59 Å². The van der Waals surface area contributed by atoms with Crippen LogP contribution < -0.4 is 0 Å². The van der Waals surface area contributed by atoms with Crippen molar-refractivity contribution in [2.24, 2.45) is 0 Å². The van der Waals surface area contributed by atoms with Gasteiger partial charge in [0, 0.05) is 36.1 Å². The summed E-state index contributed by atoms with van der Waals surface area (Å²) >= 11 is 10.8. The van der Waals surface area contributed by atoms with Crippen molar-refractivity contribution in [1.82, 2.24) is 9.97 Å². The largest absolute Gasteiger partial charge is 0.465 e. The first kappa shape index (κ1) is 31.3. The number of nitrogens with zero attached hydrogens (tertiary/aromatic N) is 3. The molecule has 7 nitrogen and oxygen atoms in total. The van der Waals surface area contributed by atoms with E-state index < -0.39 is 11.9 Å². The number of nitriles is 1. The minimum Gasteiger partial charge on any atom is -0.465 e. The van der Waals surface area contributed by atoms with Crippen LogP contribution in [0.2, 0.25) is 0 Å². The lowest BCUT2D eigenvalue weighted by Gasteiger charge is -2.07. The highest BCUT2D eigenvalue weighted by molar-refractivity contribution is 8.42. The minimum absolute atomic E-state index is 0.238. The average molecular weight is 666 g/mol. The third-order valence-corrected chi connectivity index (χ3v) is 14.4. The normalized spacial score (nSPS) is 15.1. The van der Waals surface area contributed by atoms with Crippen molar-refractivity contribution in [3.05, 3.63) is 74.5 Å². The number of aromatic nitrogens is 2. The smallest absolute Gasteiger partial charge is 0.346 e. The molecule has 0 fully saturated rings. The van der Waals surface area contributed by atoms with Crippen molar-refractivity contribution >= 4 is 94.3 Å². The summed E-state index contributed by atoms with van der Waals surface area (Å²) in [4.78, 5) is 34.2. The highest BCUT2D eigenvalue weighted by Crippen LogP contribution is 2.64. The van der Waals surface area contributed by atoms with Crippen LogP contribution in [-0.2, 0) is 30.6 Å². The summed E-state index contributed by atoms with van der Waals surface area (Å²) in [6.07, 6.45) is 6.17. The predicted octanol–water partition coefficient (Wildman–Crippen LogP) is 7.66. The molecule has 4 rings (SSSR count). The van der Waals surface area contributed by atoms with E-state index in [-0.39, 0.29) is 9.81 Å². The van der Waals surface area contributed by atoms with Crippen molar-refractivity contribution in [3.63, 3.8) is 0 Å². The standard InChI is InChI=1S/C26H23N3O4S7/c1-32-21(30)19-20(22(31)33-2)38-25(37-19)26-39-23(35-10-4-7-27)24(40-26)36-14-16-6-9-29-18(12-16)17-11-15(13-34-3)5-8-28-17/h5-6,8-9,11-12H,4,10,13-14H2,1-3H3. The van der Waals surface area contributed by atoms with Gasteiger partial charge in [0.15, 0.2) is 0 Å². The van der Waals surface area contributed by atoms with E-state index in [1.54, 1.807) is 58.8 Å². The second-order valence-electron chi connectivity index (χ2n) is 7.78. The average Bonchev–Trinajstić information content (AvgIpc) is 3.61. The first-order chi connectivity index (χ1) is 19.5. The van der Waals surface area contributed by atoms with Gasteiger partial charge in [-0.2, -0.15) is 17.0 Å². The molecule has 0 radical (unpaired) electrons. The molecular formula is C26H23N3O4S7. The van der Waals surface area contributed by atoms with E-state index in [4.69, 9.17) is 14.7 Å². The predicted molar refractivity (Wildman–Crippen MR) is 174 cm³/mol. The molecule has 4 heterocycles. The second-order valence-corrected chi connectivity index (χ2v) is 15.8. The van der Waals surface area contributed by atoms with E-state index in [1.165, 1.54) is 43.3 Å².